The maximum absolute atomic E-state index is 13.0. The van der Waals surface area contributed by atoms with Crippen molar-refractivity contribution in [3.8, 4) is 0 Å². The molecule has 166 valence electrons. The van der Waals surface area contributed by atoms with Crippen LogP contribution in [-0.2, 0) is 19.5 Å². The number of thiophene rings is 1. The molecule has 0 unspecified atom stereocenters. The molecule has 4 heterocycles. The molecule has 1 N–H and O–H groups in total. The maximum Gasteiger partial charge on any atom is 0.255 e. The molecule has 0 radical (unpaired) electrons. The number of carbonyl (C=O) groups excluding carboxylic acids is 1. The molecule has 7 heteroatoms. The third kappa shape index (κ3) is 4.40. The summed E-state index contributed by atoms with van der Waals surface area (Å²) in [6.45, 7) is 5.78. The van der Waals surface area contributed by atoms with Gasteiger partial charge in [-0.05, 0) is 43.3 Å². The molecule has 1 saturated heterocycles. The molecule has 0 spiro atoms. The van der Waals surface area contributed by atoms with E-state index in [0.717, 1.165) is 61.5 Å². The number of aromatic amines is 1. The number of piperidine rings is 1. The Kier molecular flexibility index (Phi) is 5.93. The number of nitrogens with zero attached hydrogens (tertiary/aromatic N) is 3. The molecule has 3 aromatic rings. The fourth-order valence-electron chi connectivity index (χ4n) is 4.71. The second kappa shape index (κ2) is 9.00. The van der Waals surface area contributed by atoms with Crippen molar-refractivity contribution in [2.75, 3.05) is 19.6 Å². The zero-order chi connectivity index (χ0) is 22.1. The third-order valence-corrected chi connectivity index (χ3v) is 7.38. The number of rotatable bonds is 4. The lowest BCUT2D eigenvalue weighted by atomic mass is 9.95. The van der Waals surface area contributed by atoms with Gasteiger partial charge in [0.05, 0.1) is 11.3 Å². The number of aromatic nitrogens is 2. The van der Waals surface area contributed by atoms with Crippen LogP contribution in [0.3, 0.4) is 0 Å². The van der Waals surface area contributed by atoms with Crippen molar-refractivity contribution in [2.24, 2.45) is 0 Å². The van der Waals surface area contributed by atoms with Crippen molar-refractivity contribution in [1.82, 2.24) is 19.8 Å². The van der Waals surface area contributed by atoms with Crippen LogP contribution in [0.5, 0.6) is 0 Å². The van der Waals surface area contributed by atoms with Crippen LogP contribution < -0.4 is 5.56 Å². The van der Waals surface area contributed by atoms with Crippen molar-refractivity contribution >= 4 is 17.2 Å². The molecular formula is C25H28N4O2S. The number of likely N-dealkylation sites (tertiary alicyclic amines) is 1. The van der Waals surface area contributed by atoms with E-state index < -0.39 is 0 Å². The molecule has 1 fully saturated rings. The van der Waals surface area contributed by atoms with Crippen LogP contribution in [0.25, 0.3) is 0 Å². The number of fused-ring (bicyclic) bond motifs is 1. The molecule has 5 rings (SSSR count). The van der Waals surface area contributed by atoms with Gasteiger partial charge in [-0.25, -0.2) is 4.98 Å². The van der Waals surface area contributed by atoms with E-state index in [2.05, 4.69) is 27.4 Å². The third-order valence-electron chi connectivity index (χ3n) is 6.52. The van der Waals surface area contributed by atoms with Crippen LogP contribution in [0, 0.1) is 6.92 Å². The molecule has 32 heavy (non-hydrogen) atoms. The minimum atomic E-state index is -0.0251. The Balaban J connectivity index is 1.31. The summed E-state index contributed by atoms with van der Waals surface area (Å²) in [7, 11) is 0. The van der Waals surface area contributed by atoms with Gasteiger partial charge in [0.2, 0.25) is 0 Å². The highest BCUT2D eigenvalue weighted by Crippen LogP contribution is 2.27. The SMILES string of the molecule is Cc1ccc(C(=O)N2CCC[C@H](c3nc4c(c(=O)[nH]3)CN(Cc3cccs3)CC4)C2)cc1. The van der Waals surface area contributed by atoms with Gasteiger partial charge >= 0.3 is 0 Å². The molecule has 0 saturated carbocycles. The van der Waals surface area contributed by atoms with Crippen molar-refractivity contribution in [3.63, 3.8) is 0 Å². The zero-order valence-corrected chi connectivity index (χ0v) is 19.2. The first kappa shape index (κ1) is 21.1. The number of hydrogen-bond donors (Lipinski definition) is 1. The monoisotopic (exact) mass is 448 g/mol. The van der Waals surface area contributed by atoms with Crippen molar-refractivity contribution in [1.29, 1.82) is 0 Å². The minimum absolute atomic E-state index is 0.0251. The topological polar surface area (TPSA) is 69.3 Å². The van der Waals surface area contributed by atoms with E-state index in [1.54, 1.807) is 11.3 Å². The quantitative estimate of drug-likeness (QED) is 0.661. The summed E-state index contributed by atoms with van der Waals surface area (Å²) < 4.78 is 0. The first-order chi connectivity index (χ1) is 15.6. The minimum Gasteiger partial charge on any atom is -0.338 e. The van der Waals surface area contributed by atoms with Gasteiger partial charge in [0.1, 0.15) is 5.82 Å². The van der Waals surface area contributed by atoms with Crippen LogP contribution in [0.15, 0.2) is 46.6 Å². The second-order valence-electron chi connectivity index (χ2n) is 8.87. The Morgan fingerprint density at radius 3 is 2.84 bits per heavy atom. The van der Waals surface area contributed by atoms with E-state index in [-0.39, 0.29) is 17.4 Å². The maximum atomic E-state index is 13.0. The van der Waals surface area contributed by atoms with Gasteiger partial charge in [-0.3, -0.25) is 14.5 Å². The Labute approximate surface area is 191 Å². The molecule has 2 aromatic heterocycles. The van der Waals surface area contributed by atoms with E-state index in [9.17, 15) is 9.59 Å². The molecule has 2 aliphatic heterocycles. The standard InChI is InChI=1S/C25H28N4O2S/c1-17-6-8-18(9-7-17)25(31)29-11-2-4-19(14-29)23-26-22-10-12-28(15-20-5-3-13-32-20)16-21(22)24(30)27-23/h3,5-9,13,19H,2,4,10-12,14-16H2,1H3,(H,26,27,30)/t19-/m0/s1. The van der Waals surface area contributed by atoms with Crippen LogP contribution in [0.2, 0.25) is 0 Å². The smallest absolute Gasteiger partial charge is 0.255 e. The lowest BCUT2D eigenvalue weighted by Gasteiger charge is -2.33. The van der Waals surface area contributed by atoms with Gasteiger partial charge in [-0.2, -0.15) is 0 Å². The summed E-state index contributed by atoms with van der Waals surface area (Å²) in [6, 6.07) is 11.9. The number of amides is 1. The molecule has 0 bridgehead atoms. The lowest BCUT2D eigenvalue weighted by Crippen LogP contribution is -2.41. The molecule has 0 aliphatic carbocycles. The van der Waals surface area contributed by atoms with Gasteiger partial charge in [-0.1, -0.05) is 23.8 Å². The van der Waals surface area contributed by atoms with Crippen molar-refractivity contribution in [2.45, 2.75) is 45.2 Å². The summed E-state index contributed by atoms with van der Waals surface area (Å²) in [5.74, 6) is 0.862. The summed E-state index contributed by atoms with van der Waals surface area (Å²) >= 11 is 1.75. The second-order valence-corrected chi connectivity index (χ2v) is 9.91. The summed E-state index contributed by atoms with van der Waals surface area (Å²) in [5, 5.41) is 2.09. The zero-order valence-electron chi connectivity index (χ0n) is 18.3. The van der Waals surface area contributed by atoms with E-state index in [4.69, 9.17) is 4.98 Å². The van der Waals surface area contributed by atoms with E-state index >= 15 is 0 Å². The highest BCUT2D eigenvalue weighted by Gasteiger charge is 2.29. The van der Waals surface area contributed by atoms with E-state index in [1.165, 1.54) is 4.88 Å². The normalized spacial score (nSPS) is 19.0. The van der Waals surface area contributed by atoms with Crippen molar-refractivity contribution in [3.05, 3.63) is 85.2 Å². The largest absolute Gasteiger partial charge is 0.338 e. The fourth-order valence-corrected chi connectivity index (χ4v) is 5.46. The predicted molar refractivity (Wildman–Crippen MR) is 126 cm³/mol. The first-order valence-electron chi connectivity index (χ1n) is 11.3. The van der Waals surface area contributed by atoms with E-state index in [0.29, 0.717) is 18.7 Å². The fraction of sp³-hybridized carbons (Fsp3) is 0.400. The predicted octanol–water partition coefficient (Wildman–Crippen LogP) is 3.72. The van der Waals surface area contributed by atoms with Crippen LogP contribution in [0.4, 0.5) is 0 Å². The number of H-pyrrole nitrogens is 1. The molecule has 1 aromatic carbocycles. The number of aryl methyl sites for hydroxylation is 1. The van der Waals surface area contributed by atoms with Crippen LogP contribution in [0.1, 0.15) is 56.6 Å². The Hall–Kier alpha value is -2.77. The Bertz CT molecular complexity index is 1150. The van der Waals surface area contributed by atoms with Crippen LogP contribution >= 0.6 is 11.3 Å². The molecule has 6 nitrogen and oxygen atoms in total. The van der Waals surface area contributed by atoms with Gasteiger partial charge < -0.3 is 9.88 Å². The molecule has 2 aliphatic rings. The number of nitrogens with one attached hydrogen (secondary N) is 1. The number of carbonyl (C=O) groups is 1. The van der Waals surface area contributed by atoms with Gasteiger partial charge in [0.25, 0.3) is 11.5 Å². The number of hydrogen-bond acceptors (Lipinski definition) is 5. The number of benzene rings is 1. The average molecular weight is 449 g/mol. The first-order valence-corrected chi connectivity index (χ1v) is 12.2. The highest BCUT2D eigenvalue weighted by molar-refractivity contribution is 7.09. The lowest BCUT2D eigenvalue weighted by molar-refractivity contribution is 0.0704. The highest BCUT2D eigenvalue weighted by atomic mass is 32.1. The van der Waals surface area contributed by atoms with Gasteiger partial charge in [0, 0.05) is 55.5 Å². The average Bonchev–Trinajstić information content (AvgIpc) is 3.32. The summed E-state index contributed by atoms with van der Waals surface area (Å²) in [5.41, 5.74) is 3.55. The van der Waals surface area contributed by atoms with Crippen molar-refractivity contribution < 1.29 is 4.79 Å². The summed E-state index contributed by atoms with van der Waals surface area (Å²) in [4.78, 5) is 39.4. The van der Waals surface area contributed by atoms with Gasteiger partial charge in [0.15, 0.2) is 0 Å². The van der Waals surface area contributed by atoms with Gasteiger partial charge in [-0.15, -0.1) is 11.3 Å². The van der Waals surface area contributed by atoms with E-state index in [1.807, 2.05) is 36.1 Å². The Morgan fingerprint density at radius 1 is 1.22 bits per heavy atom. The van der Waals surface area contributed by atoms with Crippen LogP contribution in [-0.4, -0.2) is 45.3 Å². The Morgan fingerprint density at radius 2 is 2.06 bits per heavy atom. The summed E-state index contributed by atoms with van der Waals surface area (Å²) in [6.07, 6.45) is 2.64. The molecule has 1 amide bonds. The molecular weight excluding hydrogens is 420 g/mol. The molecule has 1 atom stereocenters.